The van der Waals surface area contributed by atoms with Gasteiger partial charge in [-0.25, -0.2) is 9.80 Å². The van der Waals surface area contributed by atoms with Crippen LogP contribution in [0, 0.1) is 11.3 Å². The highest BCUT2D eigenvalue weighted by Crippen LogP contribution is 2.31. The molecule has 6 nitrogen and oxygen atoms in total. The highest BCUT2D eigenvalue weighted by atomic mass is 16.6. The van der Waals surface area contributed by atoms with E-state index in [0.717, 1.165) is 19.3 Å². The number of hydrogen-bond acceptors (Lipinski definition) is 4. The van der Waals surface area contributed by atoms with E-state index in [0.29, 0.717) is 11.4 Å². The first-order valence-corrected chi connectivity index (χ1v) is 10.3. The maximum Gasteiger partial charge on any atom is 0.427 e. The van der Waals surface area contributed by atoms with Gasteiger partial charge in [0, 0.05) is 29.3 Å². The highest BCUT2D eigenvalue weighted by molar-refractivity contribution is 5.95. The van der Waals surface area contributed by atoms with Crippen molar-refractivity contribution in [2.45, 2.75) is 79.3 Å². The number of amides is 2. The Morgan fingerprint density at radius 1 is 1.25 bits per heavy atom. The van der Waals surface area contributed by atoms with Crippen molar-refractivity contribution in [1.29, 1.82) is 0 Å². The molecule has 0 aromatic heterocycles. The molecule has 1 aromatic carbocycles. The topological polar surface area (TPSA) is 70.7 Å². The molecular formula is C22H35N3O3. The number of anilines is 1. The lowest BCUT2D eigenvalue weighted by Crippen LogP contribution is -2.54. The number of rotatable bonds is 6. The number of piperidine rings is 1. The van der Waals surface area contributed by atoms with Crippen LogP contribution in [-0.2, 0) is 4.79 Å². The summed E-state index contributed by atoms with van der Waals surface area (Å²) in [6, 6.07) is 7.50. The minimum Gasteiger partial charge on any atom is -0.409 e. The predicted octanol–water partition coefficient (Wildman–Crippen LogP) is 4.96. The van der Waals surface area contributed by atoms with Crippen molar-refractivity contribution in [2.75, 3.05) is 5.32 Å². The smallest absolute Gasteiger partial charge is 0.409 e. The Balaban J connectivity index is 1.99. The van der Waals surface area contributed by atoms with Gasteiger partial charge in [-0.05, 0) is 44.7 Å². The molecule has 3 unspecified atom stereocenters. The van der Waals surface area contributed by atoms with Crippen LogP contribution in [0.25, 0.3) is 0 Å². The van der Waals surface area contributed by atoms with Gasteiger partial charge in [-0.2, -0.15) is 0 Å². The fraction of sp³-hybridized carbons (Fsp3) is 0.636. The van der Waals surface area contributed by atoms with Gasteiger partial charge in [0.15, 0.2) is 0 Å². The van der Waals surface area contributed by atoms with Crippen molar-refractivity contribution in [3.8, 4) is 5.75 Å². The van der Waals surface area contributed by atoms with Crippen LogP contribution in [0.3, 0.4) is 0 Å². The van der Waals surface area contributed by atoms with E-state index in [2.05, 4.69) is 38.4 Å². The molecule has 3 atom stereocenters. The van der Waals surface area contributed by atoms with Crippen molar-refractivity contribution in [3.05, 3.63) is 24.3 Å². The summed E-state index contributed by atoms with van der Waals surface area (Å²) in [5.74, 6) is 0.611. The van der Waals surface area contributed by atoms with Crippen LogP contribution in [0.2, 0.25) is 0 Å². The Labute approximate surface area is 169 Å². The quantitative estimate of drug-likeness (QED) is 0.721. The minimum absolute atomic E-state index is 0.0422. The first-order chi connectivity index (χ1) is 13.1. The number of nitrogens with zero attached hydrogens (tertiary/aromatic N) is 1. The molecule has 28 heavy (non-hydrogen) atoms. The SMILES string of the molecule is CCC(C)C(C)(C)C(=O)Nc1cccc(OC(=O)NN2C(C)CCCC2C)c1. The van der Waals surface area contributed by atoms with Gasteiger partial charge in [-0.1, -0.05) is 46.6 Å². The highest BCUT2D eigenvalue weighted by Gasteiger charge is 2.33. The number of ether oxygens (including phenoxy) is 1. The summed E-state index contributed by atoms with van der Waals surface area (Å²) in [5, 5.41) is 4.91. The molecule has 0 spiro atoms. The third kappa shape index (κ3) is 5.47. The van der Waals surface area contributed by atoms with Crippen LogP contribution in [0.15, 0.2) is 24.3 Å². The van der Waals surface area contributed by atoms with E-state index in [1.807, 2.05) is 18.9 Å². The second kappa shape index (κ2) is 9.41. The van der Waals surface area contributed by atoms with Gasteiger partial charge in [-0.3, -0.25) is 10.2 Å². The van der Waals surface area contributed by atoms with E-state index < -0.39 is 11.5 Å². The lowest BCUT2D eigenvalue weighted by Gasteiger charge is -2.38. The van der Waals surface area contributed by atoms with E-state index in [1.54, 1.807) is 24.3 Å². The number of benzene rings is 1. The zero-order chi connectivity index (χ0) is 20.9. The summed E-state index contributed by atoms with van der Waals surface area (Å²) >= 11 is 0. The normalized spacial score (nSPS) is 21.6. The first-order valence-electron chi connectivity index (χ1n) is 10.3. The summed E-state index contributed by atoms with van der Waals surface area (Å²) in [4.78, 5) is 25.0. The molecule has 6 heteroatoms. The number of hydrogen-bond donors (Lipinski definition) is 2. The predicted molar refractivity (Wildman–Crippen MR) is 112 cm³/mol. The summed E-state index contributed by atoms with van der Waals surface area (Å²) in [5.41, 5.74) is 2.99. The molecular weight excluding hydrogens is 354 g/mol. The van der Waals surface area contributed by atoms with Crippen LogP contribution in [-0.4, -0.2) is 29.1 Å². The van der Waals surface area contributed by atoms with Crippen molar-refractivity contribution in [2.24, 2.45) is 11.3 Å². The Bertz CT molecular complexity index is 679. The Morgan fingerprint density at radius 2 is 1.89 bits per heavy atom. The van der Waals surface area contributed by atoms with Gasteiger partial charge in [0.05, 0.1) is 0 Å². The number of hydrazine groups is 1. The molecule has 156 valence electrons. The van der Waals surface area contributed by atoms with Crippen LogP contribution >= 0.6 is 0 Å². The molecule has 2 amide bonds. The van der Waals surface area contributed by atoms with Gasteiger partial charge < -0.3 is 10.1 Å². The van der Waals surface area contributed by atoms with E-state index in [4.69, 9.17) is 4.74 Å². The van der Waals surface area contributed by atoms with E-state index in [9.17, 15) is 9.59 Å². The van der Waals surface area contributed by atoms with Gasteiger partial charge in [0.2, 0.25) is 5.91 Å². The fourth-order valence-electron chi connectivity index (χ4n) is 3.54. The summed E-state index contributed by atoms with van der Waals surface area (Å²) in [7, 11) is 0. The van der Waals surface area contributed by atoms with Crippen LogP contribution < -0.4 is 15.5 Å². The molecule has 0 saturated carbocycles. The molecule has 1 saturated heterocycles. The maximum atomic E-state index is 12.7. The number of carbonyl (C=O) groups is 2. The second-order valence-electron chi connectivity index (χ2n) is 8.55. The molecule has 2 N–H and O–H groups in total. The average Bonchev–Trinajstić information content (AvgIpc) is 2.64. The minimum atomic E-state index is -0.510. The maximum absolute atomic E-state index is 12.7. The first kappa shape index (κ1) is 22.2. The molecule has 1 aliphatic heterocycles. The molecule has 1 heterocycles. The average molecular weight is 390 g/mol. The molecule has 0 aliphatic carbocycles. The fourth-order valence-corrected chi connectivity index (χ4v) is 3.54. The zero-order valence-corrected chi connectivity index (χ0v) is 18.0. The van der Waals surface area contributed by atoms with Crippen LogP contribution in [0.4, 0.5) is 10.5 Å². The van der Waals surface area contributed by atoms with Crippen LogP contribution in [0.5, 0.6) is 5.75 Å². The van der Waals surface area contributed by atoms with Crippen molar-refractivity contribution in [3.63, 3.8) is 0 Å². The molecule has 0 bridgehead atoms. The molecule has 1 fully saturated rings. The van der Waals surface area contributed by atoms with Crippen molar-refractivity contribution in [1.82, 2.24) is 10.4 Å². The van der Waals surface area contributed by atoms with E-state index >= 15 is 0 Å². The number of carbonyl (C=O) groups excluding carboxylic acids is 2. The lowest BCUT2D eigenvalue weighted by atomic mass is 9.77. The Hall–Kier alpha value is -2.08. The summed E-state index contributed by atoms with van der Waals surface area (Å²) < 4.78 is 5.45. The van der Waals surface area contributed by atoms with Crippen molar-refractivity contribution >= 4 is 17.7 Å². The zero-order valence-electron chi connectivity index (χ0n) is 18.0. The molecule has 2 rings (SSSR count). The van der Waals surface area contributed by atoms with Crippen LogP contribution in [0.1, 0.15) is 67.2 Å². The molecule has 1 aromatic rings. The summed E-state index contributed by atoms with van der Waals surface area (Å²) in [6.07, 6.45) is 3.70. The van der Waals surface area contributed by atoms with E-state index in [-0.39, 0.29) is 23.9 Å². The van der Waals surface area contributed by atoms with Gasteiger partial charge >= 0.3 is 6.09 Å². The molecule has 1 aliphatic rings. The van der Waals surface area contributed by atoms with Crippen molar-refractivity contribution < 1.29 is 14.3 Å². The standard InChI is InChI=1S/C22H35N3O3/c1-7-15(2)22(5,6)20(26)23-18-12-9-13-19(14-18)28-21(27)24-25-16(3)10-8-11-17(25)4/h9,12-17H,7-8,10-11H2,1-6H3,(H,23,26)(H,24,27). The largest absolute Gasteiger partial charge is 0.427 e. The molecule has 0 radical (unpaired) electrons. The number of nitrogens with one attached hydrogen (secondary N) is 2. The third-order valence-electron chi connectivity index (χ3n) is 6.15. The summed E-state index contributed by atoms with van der Waals surface area (Å²) in [6.45, 7) is 12.3. The second-order valence-corrected chi connectivity index (χ2v) is 8.55. The third-order valence-corrected chi connectivity index (χ3v) is 6.15. The lowest BCUT2D eigenvalue weighted by molar-refractivity contribution is -0.126. The van der Waals surface area contributed by atoms with Gasteiger partial charge in [0.1, 0.15) is 5.75 Å². The Kier molecular flexibility index (Phi) is 7.47. The van der Waals surface area contributed by atoms with Gasteiger partial charge in [0.25, 0.3) is 0 Å². The Morgan fingerprint density at radius 3 is 2.50 bits per heavy atom. The van der Waals surface area contributed by atoms with E-state index in [1.165, 1.54) is 6.42 Å². The monoisotopic (exact) mass is 389 g/mol. The van der Waals surface area contributed by atoms with Gasteiger partial charge in [-0.15, -0.1) is 0 Å².